The molecule has 0 amide bonds. The summed E-state index contributed by atoms with van der Waals surface area (Å²) in [7, 11) is 0. The lowest BCUT2D eigenvalue weighted by Gasteiger charge is -2.29. The summed E-state index contributed by atoms with van der Waals surface area (Å²) in [4.78, 5) is 18.6. The zero-order valence-electron chi connectivity index (χ0n) is 19.3. The molecule has 2 heterocycles. The number of aromatic nitrogens is 5. The Balaban J connectivity index is 1.44. The Bertz CT molecular complexity index is 1140. The highest BCUT2D eigenvalue weighted by Crippen LogP contribution is 2.30. The maximum atomic E-state index is 13.0. The van der Waals surface area contributed by atoms with Crippen molar-refractivity contribution in [2.75, 3.05) is 0 Å². The standard InChI is InChI=1S/C25H34N6O/c1-17-12-13-19-14-20(25(32)26-24(19)18(17)2)15-30(21-8-6-7-9-21)16-23-27-28-29-31(23)22-10-4-3-5-11-22/h12-14,21-22H,3-11,15-16H2,1-2H3,(H,26,32). The van der Waals surface area contributed by atoms with Crippen molar-refractivity contribution in [3.8, 4) is 0 Å². The van der Waals surface area contributed by atoms with Crippen LogP contribution in [0.5, 0.6) is 0 Å². The van der Waals surface area contributed by atoms with Gasteiger partial charge in [-0.1, -0.05) is 44.2 Å². The van der Waals surface area contributed by atoms with Gasteiger partial charge in [-0.3, -0.25) is 9.69 Å². The minimum absolute atomic E-state index is 0.0149. The predicted molar refractivity (Wildman–Crippen MR) is 125 cm³/mol. The molecule has 2 aromatic heterocycles. The van der Waals surface area contributed by atoms with Gasteiger partial charge in [0, 0.05) is 18.2 Å². The van der Waals surface area contributed by atoms with Crippen LogP contribution in [0.15, 0.2) is 23.0 Å². The molecule has 2 aliphatic carbocycles. The number of hydrogen-bond donors (Lipinski definition) is 1. The van der Waals surface area contributed by atoms with E-state index in [1.54, 1.807) is 0 Å². The number of nitrogens with one attached hydrogen (secondary N) is 1. The van der Waals surface area contributed by atoms with Crippen molar-refractivity contribution >= 4 is 10.9 Å². The highest BCUT2D eigenvalue weighted by atomic mass is 16.1. The number of nitrogens with zero attached hydrogens (tertiary/aromatic N) is 5. The van der Waals surface area contributed by atoms with Crippen LogP contribution < -0.4 is 5.56 Å². The van der Waals surface area contributed by atoms with Gasteiger partial charge >= 0.3 is 0 Å². The number of aryl methyl sites for hydroxylation is 2. The summed E-state index contributed by atoms with van der Waals surface area (Å²) >= 11 is 0. The molecule has 7 nitrogen and oxygen atoms in total. The third-order valence-corrected chi connectivity index (χ3v) is 7.67. The molecule has 2 fully saturated rings. The molecule has 3 aromatic rings. The van der Waals surface area contributed by atoms with Crippen molar-refractivity contribution in [2.24, 2.45) is 0 Å². The summed E-state index contributed by atoms with van der Waals surface area (Å²) in [6, 6.07) is 7.20. The quantitative estimate of drug-likeness (QED) is 0.614. The largest absolute Gasteiger partial charge is 0.321 e. The molecular weight excluding hydrogens is 400 g/mol. The molecule has 5 rings (SSSR count). The SMILES string of the molecule is Cc1ccc2cc(CN(Cc3nnnn3C3CCCCC3)C3CCCC3)c(=O)[nH]c2c1C. The molecule has 0 saturated heterocycles. The Kier molecular flexibility index (Phi) is 6.09. The first-order valence-corrected chi connectivity index (χ1v) is 12.2. The first-order chi connectivity index (χ1) is 15.6. The molecule has 2 saturated carbocycles. The topological polar surface area (TPSA) is 79.7 Å². The average Bonchev–Trinajstić information content (AvgIpc) is 3.50. The fourth-order valence-corrected chi connectivity index (χ4v) is 5.60. The average molecular weight is 435 g/mol. The van der Waals surface area contributed by atoms with Gasteiger partial charge in [0.2, 0.25) is 0 Å². The van der Waals surface area contributed by atoms with Crippen molar-refractivity contribution in [2.45, 2.75) is 96.8 Å². The molecule has 1 N–H and O–H groups in total. The second-order valence-corrected chi connectivity index (χ2v) is 9.77. The first-order valence-electron chi connectivity index (χ1n) is 12.2. The van der Waals surface area contributed by atoms with Gasteiger partial charge in [-0.2, -0.15) is 0 Å². The van der Waals surface area contributed by atoms with Crippen molar-refractivity contribution < 1.29 is 0 Å². The number of rotatable bonds is 6. The molecule has 32 heavy (non-hydrogen) atoms. The van der Waals surface area contributed by atoms with E-state index in [1.165, 1.54) is 50.5 Å². The zero-order chi connectivity index (χ0) is 22.1. The third kappa shape index (κ3) is 4.22. The van der Waals surface area contributed by atoms with E-state index in [2.05, 4.69) is 62.1 Å². The molecule has 0 unspecified atom stereocenters. The van der Waals surface area contributed by atoms with Gasteiger partial charge in [0.25, 0.3) is 5.56 Å². The van der Waals surface area contributed by atoms with E-state index in [-0.39, 0.29) is 5.56 Å². The second kappa shape index (κ2) is 9.14. The number of aromatic amines is 1. The van der Waals surface area contributed by atoms with E-state index in [1.807, 2.05) is 0 Å². The summed E-state index contributed by atoms with van der Waals surface area (Å²) in [6.45, 7) is 5.47. The summed E-state index contributed by atoms with van der Waals surface area (Å²) < 4.78 is 2.07. The van der Waals surface area contributed by atoms with E-state index in [0.29, 0.717) is 25.2 Å². The van der Waals surface area contributed by atoms with Crippen LogP contribution in [0.4, 0.5) is 0 Å². The third-order valence-electron chi connectivity index (χ3n) is 7.67. The summed E-state index contributed by atoms with van der Waals surface area (Å²) in [5.41, 5.74) is 4.13. The van der Waals surface area contributed by atoms with Crippen LogP contribution in [0.1, 0.15) is 86.3 Å². The van der Waals surface area contributed by atoms with Crippen LogP contribution in [0, 0.1) is 13.8 Å². The van der Waals surface area contributed by atoms with Crippen molar-refractivity contribution in [3.05, 3.63) is 51.1 Å². The lowest BCUT2D eigenvalue weighted by molar-refractivity contribution is 0.168. The molecule has 0 radical (unpaired) electrons. The fourth-order valence-electron chi connectivity index (χ4n) is 5.60. The van der Waals surface area contributed by atoms with E-state index in [4.69, 9.17) is 0 Å². The van der Waals surface area contributed by atoms with Crippen LogP contribution in [0.3, 0.4) is 0 Å². The predicted octanol–water partition coefficient (Wildman–Crippen LogP) is 4.58. The number of hydrogen-bond acceptors (Lipinski definition) is 5. The van der Waals surface area contributed by atoms with Gasteiger partial charge in [0.1, 0.15) is 0 Å². The van der Waals surface area contributed by atoms with Gasteiger partial charge in [-0.25, -0.2) is 4.68 Å². The van der Waals surface area contributed by atoms with Crippen LogP contribution in [-0.2, 0) is 13.1 Å². The van der Waals surface area contributed by atoms with E-state index >= 15 is 0 Å². The molecule has 0 atom stereocenters. The van der Waals surface area contributed by atoms with Crippen LogP contribution in [0.25, 0.3) is 10.9 Å². The molecule has 0 spiro atoms. The maximum absolute atomic E-state index is 13.0. The van der Waals surface area contributed by atoms with Crippen molar-refractivity contribution in [1.29, 1.82) is 0 Å². The summed E-state index contributed by atoms with van der Waals surface area (Å²) in [6.07, 6.45) is 11.0. The fraction of sp³-hybridized carbons (Fsp3) is 0.600. The molecule has 0 aliphatic heterocycles. The highest BCUT2D eigenvalue weighted by molar-refractivity contribution is 5.83. The number of tetrazole rings is 1. The van der Waals surface area contributed by atoms with Gasteiger partial charge in [0.15, 0.2) is 5.82 Å². The molecule has 0 bridgehead atoms. The first kappa shape index (κ1) is 21.3. The monoisotopic (exact) mass is 434 g/mol. The summed E-state index contributed by atoms with van der Waals surface area (Å²) in [5.74, 6) is 0.937. The number of benzene rings is 1. The zero-order valence-corrected chi connectivity index (χ0v) is 19.3. The Labute approximate surface area is 189 Å². The maximum Gasteiger partial charge on any atom is 0.252 e. The van der Waals surface area contributed by atoms with Crippen LogP contribution in [-0.4, -0.2) is 36.1 Å². The smallest absolute Gasteiger partial charge is 0.252 e. The van der Waals surface area contributed by atoms with Gasteiger partial charge in [-0.15, -0.1) is 5.10 Å². The van der Waals surface area contributed by atoms with Crippen LogP contribution >= 0.6 is 0 Å². The van der Waals surface area contributed by atoms with E-state index in [0.717, 1.165) is 40.7 Å². The summed E-state index contributed by atoms with van der Waals surface area (Å²) in [5, 5.41) is 13.9. The van der Waals surface area contributed by atoms with E-state index in [9.17, 15) is 4.79 Å². The van der Waals surface area contributed by atoms with Gasteiger partial charge in [0.05, 0.1) is 18.1 Å². The Hall–Kier alpha value is -2.54. The lowest BCUT2D eigenvalue weighted by atomic mass is 9.95. The van der Waals surface area contributed by atoms with Crippen LogP contribution in [0.2, 0.25) is 0 Å². The van der Waals surface area contributed by atoms with Gasteiger partial charge < -0.3 is 4.98 Å². The highest BCUT2D eigenvalue weighted by Gasteiger charge is 2.27. The number of fused-ring (bicyclic) bond motifs is 1. The molecule has 170 valence electrons. The minimum Gasteiger partial charge on any atom is -0.321 e. The Morgan fingerprint density at radius 2 is 1.78 bits per heavy atom. The van der Waals surface area contributed by atoms with Gasteiger partial charge in [-0.05, 0) is 72.5 Å². The number of H-pyrrole nitrogens is 1. The van der Waals surface area contributed by atoms with E-state index < -0.39 is 0 Å². The normalized spacial score (nSPS) is 18.2. The molecule has 7 heteroatoms. The Morgan fingerprint density at radius 3 is 2.56 bits per heavy atom. The number of pyridine rings is 1. The molecule has 1 aromatic carbocycles. The Morgan fingerprint density at radius 1 is 1.03 bits per heavy atom. The second-order valence-electron chi connectivity index (χ2n) is 9.77. The van der Waals surface area contributed by atoms with Crippen molar-refractivity contribution in [3.63, 3.8) is 0 Å². The molecular formula is C25H34N6O. The van der Waals surface area contributed by atoms with Crippen molar-refractivity contribution in [1.82, 2.24) is 30.1 Å². The minimum atomic E-state index is 0.0149. The molecule has 2 aliphatic rings. The lowest BCUT2D eigenvalue weighted by Crippen LogP contribution is -2.35.